The number of hydrogen-bond donors (Lipinski definition) is 1. The Kier molecular flexibility index (Phi) is 5.35. The number of para-hydroxylation sites is 1. The number of nitrogens with one attached hydrogen (secondary N) is 1. The van der Waals surface area contributed by atoms with E-state index in [1.54, 1.807) is 7.11 Å². The lowest BCUT2D eigenvalue weighted by Crippen LogP contribution is -2.41. The van der Waals surface area contributed by atoms with Crippen LogP contribution in [0.5, 0.6) is 17.2 Å². The molecule has 0 saturated heterocycles. The summed E-state index contributed by atoms with van der Waals surface area (Å²) in [7, 11) is 1.66. The van der Waals surface area contributed by atoms with Gasteiger partial charge in [-0.05, 0) is 49.6 Å². The highest BCUT2D eigenvalue weighted by Gasteiger charge is 2.31. The molecular formula is C21H25NO4. The second-order valence-corrected chi connectivity index (χ2v) is 6.80. The molecule has 26 heavy (non-hydrogen) atoms. The summed E-state index contributed by atoms with van der Waals surface area (Å²) in [5.41, 5.74) is 1.31. The first kappa shape index (κ1) is 18.1. The quantitative estimate of drug-likeness (QED) is 0.865. The van der Waals surface area contributed by atoms with Crippen LogP contribution in [0.1, 0.15) is 25.0 Å². The molecule has 0 saturated carbocycles. The maximum atomic E-state index is 12.8. The molecule has 0 fully saturated rings. The molecule has 0 aromatic heterocycles. The van der Waals surface area contributed by atoms with Crippen molar-refractivity contribution >= 4 is 5.91 Å². The minimum atomic E-state index is -0.670. The van der Waals surface area contributed by atoms with E-state index < -0.39 is 5.41 Å². The second kappa shape index (κ2) is 7.68. The van der Waals surface area contributed by atoms with E-state index >= 15 is 0 Å². The zero-order chi connectivity index (χ0) is 18.6. The van der Waals surface area contributed by atoms with E-state index in [9.17, 15) is 4.79 Å². The highest BCUT2D eigenvalue weighted by Crippen LogP contribution is 2.35. The highest BCUT2D eigenvalue weighted by atomic mass is 16.6. The summed E-state index contributed by atoms with van der Waals surface area (Å²) < 4.78 is 16.5. The normalized spacial score (nSPS) is 13.2. The van der Waals surface area contributed by atoms with E-state index in [1.165, 1.54) is 0 Å². The maximum Gasteiger partial charge on any atom is 0.230 e. The molecule has 0 bridgehead atoms. The van der Waals surface area contributed by atoms with Crippen molar-refractivity contribution in [3.8, 4) is 17.2 Å². The minimum Gasteiger partial charge on any atom is -0.496 e. The van der Waals surface area contributed by atoms with Gasteiger partial charge in [-0.2, -0.15) is 0 Å². The Hall–Kier alpha value is -2.69. The van der Waals surface area contributed by atoms with E-state index in [0.717, 1.165) is 22.6 Å². The Balaban J connectivity index is 1.64. The first-order chi connectivity index (χ1) is 12.5. The molecule has 0 aliphatic carbocycles. The van der Waals surface area contributed by atoms with E-state index in [0.29, 0.717) is 31.9 Å². The largest absolute Gasteiger partial charge is 0.496 e. The van der Waals surface area contributed by atoms with Gasteiger partial charge in [0.15, 0.2) is 11.5 Å². The molecule has 5 heteroatoms. The molecule has 0 radical (unpaired) electrons. The molecule has 2 aromatic rings. The fourth-order valence-electron chi connectivity index (χ4n) is 3.00. The van der Waals surface area contributed by atoms with Crippen LogP contribution in [0.4, 0.5) is 0 Å². The molecule has 2 aromatic carbocycles. The predicted molar refractivity (Wildman–Crippen MR) is 100 cm³/mol. The third-order valence-electron chi connectivity index (χ3n) is 4.70. The highest BCUT2D eigenvalue weighted by molar-refractivity contribution is 5.87. The first-order valence-electron chi connectivity index (χ1n) is 8.82. The van der Waals surface area contributed by atoms with Crippen molar-refractivity contribution in [1.29, 1.82) is 0 Å². The lowest BCUT2D eigenvalue weighted by atomic mass is 9.83. The average Bonchev–Trinajstić information content (AvgIpc) is 2.67. The number of benzene rings is 2. The van der Waals surface area contributed by atoms with Gasteiger partial charge in [-0.15, -0.1) is 0 Å². The van der Waals surface area contributed by atoms with Crippen LogP contribution in [-0.2, 0) is 16.6 Å². The van der Waals surface area contributed by atoms with E-state index in [2.05, 4.69) is 5.32 Å². The Morgan fingerprint density at radius 2 is 1.85 bits per heavy atom. The number of rotatable bonds is 6. The van der Waals surface area contributed by atoms with Gasteiger partial charge in [-0.1, -0.05) is 24.3 Å². The number of hydrogen-bond acceptors (Lipinski definition) is 4. The summed E-state index contributed by atoms with van der Waals surface area (Å²) in [6.45, 7) is 5.46. The van der Waals surface area contributed by atoms with Crippen molar-refractivity contribution in [3.63, 3.8) is 0 Å². The molecule has 138 valence electrons. The van der Waals surface area contributed by atoms with Crippen molar-refractivity contribution < 1.29 is 19.0 Å². The standard InChI is InChI=1S/C21H25NO4/c1-21(2,16-8-9-18-19(14-16)26-13-12-25-18)20(23)22-11-10-15-6-4-5-7-17(15)24-3/h4-9,14H,10-13H2,1-3H3,(H,22,23). The lowest BCUT2D eigenvalue weighted by molar-refractivity contribution is -0.125. The number of fused-ring (bicyclic) bond motifs is 1. The van der Waals surface area contributed by atoms with Crippen molar-refractivity contribution in [3.05, 3.63) is 53.6 Å². The number of amides is 1. The van der Waals surface area contributed by atoms with E-state index in [1.807, 2.05) is 56.3 Å². The zero-order valence-corrected chi connectivity index (χ0v) is 15.5. The Labute approximate surface area is 154 Å². The van der Waals surface area contributed by atoms with Crippen LogP contribution in [-0.4, -0.2) is 32.8 Å². The van der Waals surface area contributed by atoms with Gasteiger partial charge >= 0.3 is 0 Å². The number of ether oxygens (including phenoxy) is 3. The maximum absolute atomic E-state index is 12.8. The predicted octanol–water partition coefficient (Wildman–Crippen LogP) is 3.10. The molecule has 0 unspecified atom stereocenters. The Morgan fingerprint density at radius 3 is 2.62 bits per heavy atom. The van der Waals surface area contributed by atoms with E-state index in [-0.39, 0.29) is 5.91 Å². The van der Waals surface area contributed by atoms with Crippen LogP contribution in [0.3, 0.4) is 0 Å². The lowest BCUT2D eigenvalue weighted by Gasteiger charge is -2.26. The molecule has 1 heterocycles. The summed E-state index contributed by atoms with van der Waals surface area (Å²) in [5.74, 6) is 2.24. The Morgan fingerprint density at radius 1 is 1.12 bits per heavy atom. The number of carbonyl (C=O) groups excluding carboxylic acids is 1. The summed E-state index contributed by atoms with van der Waals surface area (Å²) in [6, 6.07) is 13.5. The summed E-state index contributed by atoms with van der Waals surface area (Å²) in [6.07, 6.45) is 0.715. The van der Waals surface area contributed by atoms with Crippen molar-refractivity contribution in [2.75, 3.05) is 26.9 Å². The molecule has 1 N–H and O–H groups in total. The van der Waals surface area contributed by atoms with Crippen molar-refractivity contribution in [1.82, 2.24) is 5.32 Å². The molecule has 0 spiro atoms. The molecule has 5 nitrogen and oxygen atoms in total. The van der Waals surface area contributed by atoms with Crippen molar-refractivity contribution in [2.45, 2.75) is 25.7 Å². The second-order valence-electron chi connectivity index (χ2n) is 6.80. The fraction of sp³-hybridized carbons (Fsp3) is 0.381. The van der Waals surface area contributed by atoms with Gasteiger partial charge in [0.05, 0.1) is 12.5 Å². The van der Waals surface area contributed by atoms with Crippen LogP contribution in [0.15, 0.2) is 42.5 Å². The summed E-state index contributed by atoms with van der Waals surface area (Å²) in [5, 5.41) is 3.03. The first-order valence-corrected chi connectivity index (χ1v) is 8.82. The van der Waals surface area contributed by atoms with Gasteiger partial charge < -0.3 is 19.5 Å². The molecular weight excluding hydrogens is 330 g/mol. The van der Waals surface area contributed by atoms with Crippen LogP contribution in [0.2, 0.25) is 0 Å². The van der Waals surface area contributed by atoms with Gasteiger partial charge in [0, 0.05) is 6.54 Å². The van der Waals surface area contributed by atoms with Crippen LogP contribution in [0.25, 0.3) is 0 Å². The minimum absolute atomic E-state index is 0.0240. The summed E-state index contributed by atoms with van der Waals surface area (Å²) >= 11 is 0. The van der Waals surface area contributed by atoms with Crippen LogP contribution < -0.4 is 19.5 Å². The topological polar surface area (TPSA) is 56.8 Å². The third-order valence-corrected chi connectivity index (χ3v) is 4.70. The molecule has 3 rings (SSSR count). The average molecular weight is 355 g/mol. The van der Waals surface area contributed by atoms with Gasteiger partial charge in [0.25, 0.3) is 0 Å². The monoisotopic (exact) mass is 355 g/mol. The fourth-order valence-corrected chi connectivity index (χ4v) is 3.00. The van der Waals surface area contributed by atoms with Crippen molar-refractivity contribution in [2.24, 2.45) is 0 Å². The molecule has 1 aliphatic rings. The molecule has 0 atom stereocenters. The van der Waals surface area contributed by atoms with Gasteiger partial charge in [0.2, 0.25) is 5.91 Å². The number of methoxy groups -OCH3 is 1. The van der Waals surface area contributed by atoms with Gasteiger partial charge in [-0.3, -0.25) is 4.79 Å². The summed E-state index contributed by atoms with van der Waals surface area (Å²) in [4.78, 5) is 12.8. The molecule has 1 aliphatic heterocycles. The number of carbonyl (C=O) groups is 1. The smallest absolute Gasteiger partial charge is 0.230 e. The van der Waals surface area contributed by atoms with Gasteiger partial charge in [-0.25, -0.2) is 0 Å². The Bertz CT molecular complexity index is 785. The van der Waals surface area contributed by atoms with Gasteiger partial charge in [0.1, 0.15) is 19.0 Å². The van der Waals surface area contributed by atoms with Crippen LogP contribution in [0, 0.1) is 0 Å². The SMILES string of the molecule is COc1ccccc1CCNC(=O)C(C)(C)c1ccc2c(c1)OCCO2. The molecule has 1 amide bonds. The third kappa shape index (κ3) is 3.77. The zero-order valence-electron chi connectivity index (χ0n) is 15.5. The van der Waals surface area contributed by atoms with Crippen LogP contribution >= 0.6 is 0 Å². The van der Waals surface area contributed by atoms with E-state index in [4.69, 9.17) is 14.2 Å².